The molecule has 0 bridgehead atoms. The first kappa shape index (κ1) is 22.6. The summed E-state index contributed by atoms with van der Waals surface area (Å²) >= 11 is 0.525. The van der Waals surface area contributed by atoms with Crippen LogP contribution in [0.2, 0.25) is 0 Å². The van der Waals surface area contributed by atoms with Crippen molar-refractivity contribution >= 4 is 30.0 Å². The van der Waals surface area contributed by atoms with Gasteiger partial charge in [-0.05, 0) is 32.2 Å². The SMILES string of the molecule is O=C1C2CCCCC2C(=O)N1CCCCNCCSP(=O)([O-])O.[Na+]. The van der Waals surface area contributed by atoms with Crippen molar-refractivity contribution in [3.8, 4) is 0 Å². The molecule has 7 nitrogen and oxygen atoms in total. The summed E-state index contributed by atoms with van der Waals surface area (Å²) in [6.45, 7) is -2.56. The molecule has 1 heterocycles. The number of nitrogens with zero attached hydrogens (tertiary/aromatic N) is 1. The molecule has 0 spiro atoms. The Bertz CT molecular complexity index is 466. The summed E-state index contributed by atoms with van der Waals surface area (Å²) in [7, 11) is 0. The number of fused-ring (bicyclic) bond motifs is 1. The zero-order valence-electron chi connectivity index (χ0n) is 14.1. The van der Waals surface area contributed by atoms with Crippen LogP contribution in [0.5, 0.6) is 0 Å². The molecule has 10 heteroatoms. The topological polar surface area (TPSA) is 110 Å². The monoisotopic (exact) mass is 386 g/mol. The van der Waals surface area contributed by atoms with Crippen molar-refractivity contribution in [1.29, 1.82) is 0 Å². The van der Waals surface area contributed by atoms with Gasteiger partial charge < -0.3 is 15.1 Å². The van der Waals surface area contributed by atoms with Crippen molar-refractivity contribution in [3.63, 3.8) is 0 Å². The summed E-state index contributed by atoms with van der Waals surface area (Å²) in [6.07, 6.45) is 5.33. The van der Waals surface area contributed by atoms with E-state index < -0.39 is 6.80 Å². The number of hydrogen-bond donors (Lipinski definition) is 2. The van der Waals surface area contributed by atoms with Crippen molar-refractivity contribution in [2.45, 2.75) is 38.5 Å². The minimum atomic E-state index is -4.22. The van der Waals surface area contributed by atoms with E-state index in [1.807, 2.05) is 0 Å². The maximum absolute atomic E-state index is 12.3. The molecule has 1 aliphatic carbocycles. The van der Waals surface area contributed by atoms with Gasteiger partial charge in [0.2, 0.25) is 11.8 Å². The molecule has 1 saturated carbocycles. The maximum atomic E-state index is 12.3. The molecule has 1 aliphatic heterocycles. The first-order chi connectivity index (χ1) is 10.9. The van der Waals surface area contributed by atoms with E-state index in [2.05, 4.69) is 5.32 Å². The molecule has 3 unspecified atom stereocenters. The maximum Gasteiger partial charge on any atom is 1.00 e. The number of carbonyl (C=O) groups is 2. The average Bonchev–Trinajstić information content (AvgIpc) is 2.74. The second-order valence-electron chi connectivity index (χ2n) is 6.08. The van der Waals surface area contributed by atoms with E-state index in [4.69, 9.17) is 4.89 Å². The molecule has 2 rings (SSSR count). The van der Waals surface area contributed by atoms with Crippen molar-refractivity contribution in [2.24, 2.45) is 11.8 Å². The molecule has 132 valence electrons. The molecule has 24 heavy (non-hydrogen) atoms. The fourth-order valence-electron chi connectivity index (χ4n) is 3.33. The second kappa shape index (κ2) is 10.7. The van der Waals surface area contributed by atoms with Crippen LogP contribution in [0, 0.1) is 11.8 Å². The Morgan fingerprint density at radius 2 is 1.75 bits per heavy atom. The van der Waals surface area contributed by atoms with E-state index in [1.54, 1.807) is 0 Å². The first-order valence-electron chi connectivity index (χ1n) is 8.14. The van der Waals surface area contributed by atoms with Gasteiger partial charge in [-0.1, -0.05) is 24.2 Å². The van der Waals surface area contributed by atoms with Crippen LogP contribution in [0.1, 0.15) is 38.5 Å². The summed E-state index contributed by atoms with van der Waals surface area (Å²) in [4.78, 5) is 45.1. The van der Waals surface area contributed by atoms with E-state index in [1.165, 1.54) is 4.90 Å². The molecule has 0 radical (unpaired) electrons. The van der Waals surface area contributed by atoms with Gasteiger partial charge in [0.1, 0.15) is 0 Å². The van der Waals surface area contributed by atoms with E-state index in [0.29, 0.717) is 36.8 Å². The number of rotatable bonds is 9. The van der Waals surface area contributed by atoms with Gasteiger partial charge in [0.15, 0.2) is 6.80 Å². The summed E-state index contributed by atoms with van der Waals surface area (Å²) in [6, 6.07) is 0. The van der Waals surface area contributed by atoms with E-state index in [0.717, 1.165) is 38.5 Å². The first-order valence-corrected chi connectivity index (χ1v) is 11.3. The van der Waals surface area contributed by atoms with Crippen molar-refractivity contribution in [3.05, 3.63) is 0 Å². The third-order valence-corrected chi connectivity index (χ3v) is 6.69. The zero-order chi connectivity index (χ0) is 16.9. The molecule has 2 N–H and O–H groups in total. The number of likely N-dealkylation sites (tertiary alicyclic amines) is 1. The molecule has 3 atom stereocenters. The zero-order valence-corrected chi connectivity index (χ0v) is 17.8. The Balaban J connectivity index is 0.00000288. The molecule has 0 aromatic heterocycles. The molecular formula is C14H24N2NaO5PS. The molecule has 1 saturated heterocycles. The van der Waals surface area contributed by atoms with Crippen LogP contribution in [-0.2, 0) is 14.2 Å². The standard InChI is InChI=1S/C14H25N2O5PS.Na/c17-13-11-5-1-2-6-12(11)14(18)16(13)9-4-3-7-15-8-10-23-22(19,20)21;/h11-12,15H,1-10H2,(H2,19,20,21);/q;+1/p-1. The third kappa shape index (κ3) is 6.72. The van der Waals surface area contributed by atoms with Gasteiger partial charge in [0.25, 0.3) is 0 Å². The predicted molar refractivity (Wildman–Crippen MR) is 86.6 cm³/mol. The van der Waals surface area contributed by atoms with E-state index in [-0.39, 0.29) is 53.2 Å². The van der Waals surface area contributed by atoms with E-state index >= 15 is 0 Å². The Kier molecular flexibility index (Phi) is 10.1. The van der Waals surface area contributed by atoms with Gasteiger partial charge in [-0.15, -0.1) is 0 Å². The van der Waals surface area contributed by atoms with Gasteiger partial charge in [-0.25, -0.2) is 0 Å². The molecular weight excluding hydrogens is 362 g/mol. The summed E-state index contributed by atoms with van der Waals surface area (Å²) in [5, 5.41) is 3.08. The quantitative estimate of drug-likeness (QED) is 0.199. The van der Waals surface area contributed by atoms with E-state index in [9.17, 15) is 19.0 Å². The molecule has 2 aliphatic rings. The van der Waals surface area contributed by atoms with Crippen LogP contribution >= 0.6 is 18.2 Å². The average molecular weight is 386 g/mol. The van der Waals surface area contributed by atoms with Crippen LogP contribution in [0.3, 0.4) is 0 Å². The van der Waals surface area contributed by atoms with Gasteiger partial charge >= 0.3 is 29.6 Å². The van der Waals surface area contributed by atoms with Gasteiger partial charge in [0, 0.05) is 18.8 Å². The molecule has 0 aromatic rings. The van der Waals surface area contributed by atoms with Crippen LogP contribution in [-0.4, -0.2) is 47.0 Å². The Morgan fingerprint density at radius 3 is 2.29 bits per heavy atom. The largest absolute Gasteiger partial charge is 1.00 e. The Labute approximate surface area is 168 Å². The Morgan fingerprint density at radius 1 is 1.17 bits per heavy atom. The number of unbranched alkanes of at least 4 members (excludes halogenated alkanes) is 1. The fourth-order valence-corrected chi connectivity index (χ4v) is 4.76. The van der Waals surface area contributed by atoms with Crippen molar-refractivity contribution in [2.75, 3.05) is 25.4 Å². The van der Waals surface area contributed by atoms with Gasteiger partial charge in [-0.2, -0.15) is 0 Å². The van der Waals surface area contributed by atoms with Gasteiger partial charge in [-0.3, -0.25) is 19.1 Å². The van der Waals surface area contributed by atoms with Crippen molar-refractivity contribution in [1.82, 2.24) is 10.2 Å². The molecule has 2 amide bonds. The van der Waals surface area contributed by atoms with Crippen molar-refractivity contribution < 1.29 is 53.5 Å². The minimum absolute atomic E-state index is 0. The number of imide groups is 1. The van der Waals surface area contributed by atoms with Crippen LogP contribution in [0.4, 0.5) is 0 Å². The number of amides is 2. The number of carbonyl (C=O) groups excluding carboxylic acids is 2. The fraction of sp³-hybridized carbons (Fsp3) is 0.857. The molecule has 0 aromatic carbocycles. The van der Waals surface area contributed by atoms with Crippen LogP contribution in [0.25, 0.3) is 0 Å². The third-order valence-electron chi connectivity index (χ3n) is 4.45. The molecule has 2 fully saturated rings. The summed E-state index contributed by atoms with van der Waals surface area (Å²) < 4.78 is 10.5. The number of nitrogens with one attached hydrogen (secondary N) is 1. The summed E-state index contributed by atoms with van der Waals surface area (Å²) in [5.74, 6) is 0.167. The summed E-state index contributed by atoms with van der Waals surface area (Å²) in [5.41, 5.74) is 0. The van der Waals surface area contributed by atoms with Gasteiger partial charge in [0.05, 0.1) is 11.8 Å². The Hall–Kier alpha value is 0.600. The van der Waals surface area contributed by atoms with Crippen LogP contribution in [0.15, 0.2) is 0 Å². The normalized spacial score (nSPS) is 26.0. The minimum Gasteiger partial charge on any atom is -0.770 e. The van der Waals surface area contributed by atoms with Crippen LogP contribution < -0.4 is 39.8 Å². The second-order valence-corrected chi connectivity index (χ2v) is 9.85. The predicted octanol–water partition coefficient (Wildman–Crippen LogP) is -2.27. The number of hydrogen-bond acceptors (Lipinski definition) is 6. The smallest absolute Gasteiger partial charge is 0.770 e.